The van der Waals surface area contributed by atoms with Gasteiger partial charge < -0.3 is 15.3 Å². The molecule has 19 heavy (non-hydrogen) atoms. The van der Waals surface area contributed by atoms with E-state index in [0.717, 1.165) is 5.56 Å². The largest absolute Gasteiger partial charge is 0.508 e. The Bertz CT molecular complexity index is 487. The smallest absolute Gasteiger partial charge is 0.239 e. The summed E-state index contributed by atoms with van der Waals surface area (Å²) in [6, 6.07) is 6.89. The summed E-state index contributed by atoms with van der Waals surface area (Å²) >= 11 is 0. The Morgan fingerprint density at radius 1 is 1.53 bits per heavy atom. The van der Waals surface area contributed by atoms with Gasteiger partial charge in [0, 0.05) is 19.0 Å². The van der Waals surface area contributed by atoms with Crippen molar-refractivity contribution in [1.82, 2.24) is 10.2 Å². The minimum atomic E-state index is -0.107. The molecule has 1 atom stereocenters. The van der Waals surface area contributed by atoms with Crippen LogP contribution in [0.1, 0.15) is 18.9 Å². The first-order valence-electron chi connectivity index (χ1n) is 6.39. The molecule has 0 aromatic heterocycles. The van der Waals surface area contributed by atoms with Crippen molar-refractivity contribution in [2.45, 2.75) is 25.8 Å². The van der Waals surface area contributed by atoms with Crippen molar-refractivity contribution in [2.24, 2.45) is 0 Å². The van der Waals surface area contributed by atoms with Gasteiger partial charge in [0.1, 0.15) is 5.75 Å². The fraction of sp³-hybridized carbons (Fsp3) is 0.429. The van der Waals surface area contributed by atoms with Crippen LogP contribution in [0.4, 0.5) is 0 Å². The van der Waals surface area contributed by atoms with Gasteiger partial charge in [-0.05, 0) is 31.0 Å². The van der Waals surface area contributed by atoms with Crippen LogP contribution in [-0.2, 0) is 16.0 Å². The monoisotopic (exact) mass is 262 g/mol. The molecule has 0 spiro atoms. The first-order chi connectivity index (χ1) is 9.04. The molecule has 2 N–H and O–H groups in total. The molecule has 0 aliphatic carbocycles. The molecule has 1 aliphatic rings. The third kappa shape index (κ3) is 3.71. The number of rotatable bonds is 3. The molecule has 2 rings (SSSR count). The van der Waals surface area contributed by atoms with E-state index in [4.69, 9.17) is 0 Å². The van der Waals surface area contributed by atoms with Crippen LogP contribution in [-0.4, -0.2) is 41.0 Å². The summed E-state index contributed by atoms with van der Waals surface area (Å²) in [7, 11) is 0. The lowest BCUT2D eigenvalue weighted by molar-refractivity contribution is -0.139. The quantitative estimate of drug-likeness (QED) is 0.841. The van der Waals surface area contributed by atoms with Crippen LogP contribution in [0.2, 0.25) is 0 Å². The molecule has 0 radical (unpaired) electrons. The van der Waals surface area contributed by atoms with Gasteiger partial charge >= 0.3 is 0 Å². The van der Waals surface area contributed by atoms with E-state index in [-0.39, 0.29) is 30.2 Å². The van der Waals surface area contributed by atoms with E-state index in [1.54, 1.807) is 23.1 Å². The predicted molar refractivity (Wildman–Crippen MR) is 70.6 cm³/mol. The highest BCUT2D eigenvalue weighted by atomic mass is 16.3. The highest BCUT2D eigenvalue weighted by Crippen LogP contribution is 2.13. The molecule has 5 nitrogen and oxygen atoms in total. The maximum atomic E-state index is 12.0. The van der Waals surface area contributed by atoms with Crippen molar-refractivity contribution in [2.75, 3.05) is 13.1 Å². The van der Waals surface area contributed by atoms with Crippen molar-refractivity contribution in [3.05, 3.63) is 29.8 Å². The van der Waals surface area contributed by atoms with Crippen LogP contribution in [0.3, 0.4) is 0 Å². The summed E-state index contributed by atoms with van der Waals surface area (Å²) in [5.74, 6) is 0.0745. The first-order valence-corrected chi connectivity index (χ1v) is 6.39. The third-order valence-electron chi connectivity index (χ3n) is 3.13. The Hall–Kier alpha value is -2.04. The summed E-state index contributed by atoms with van der Waals surface area (Å²) in [4.78, 5) is 25.0. The summed E-state index contributed by atoms with van der Waals surface area (Å²) in [5.41, 5.74) is 0.919. The number of carbonyl (C=O) groups is 2. The molecule has 0 bridgehead atoms. The number of piperazine rings is 1. The maximum absolute atomic E-state index is 12.0. The molecule has 1 aromatic carbocycles. The standard InChI is InChI=1S/C14H18N2O3/c1-10-8-16(9-13(18)15-10)14(19)6-5-11-3-2-4-12(17)7-11/h2-4,7,10,17H,5-6,8-9H2,1H3,(H,15,18). The molecule has 1 fully saturated rings. The van der Waals surface area contributed by atoms with E-state index in [2.05, 4.69) is 5.32 Å². The van der Waals surface area contributed by atoms with Gasteiger partial charge in [0.05, 0.1) is 6.54 Å². The molecule has 102 valence electrons. The van der Waals surface area contributed by atoms with Gasteiger partial charge in [-0.1, -0.05) is 12.1 Å². The second kappa shape index (κ2) is 5.73. The Morgan fingerprint density at radius 3 is 3.00 bits per heavy atom. The molecule has 5 heteroatoms. The number of hydrogen-bond donors (Lipinski definition) is 2. The molecule has 1 saturated heterocycles. The number of nitrogens with zero attached hydrogens (tertiary/aromatic N) is 1. The lowest BCUT2D eigenvalue weighted by Gasteiger charge is -2.31. The lowest BCUT2D eigenvalue weighted by Crippen LogP contribution is -2.54. The zero-order valence-electron chi connectivity index (χ0n) is 10.9. The lowest BCUT2D eigenvalue weighted by atomic mass is 10.1. The van der Waals surface area contributed by atoms with E-state index in [9.17, 15) is 14.7 Å². The van der Waals surface area contributed by atoms with E-state index in [0.29, 0.717) is 19.4 Å². The van der Waals surface area contributed by atoms with Gasteiger partial charge in [-0.2, -0.15) is 0 Å². The zero-order valence-corrected chi connectivity index (χ0v) is 10.9. The number of benzene rings is 1. The number of aromatic hydroxyl groups is 1. The van der Waals surface area contributed by atoms with E-state index < -0.39 is 0 Å². The topological polar surface area (TPSA) is 69.6 Å². The van der Waals surface area contributed by atoms with Crippen LogP contribution in [0, 0.1) is 0 Å². The number of amides is 2. The van der Waals surface area contributed by atoms with Crippen molar-refractivity contribution in [3.8, 4) is 5.75 Å². The maximum Gasteiger partial charge on any atom is 0.239 e. The number of nitrogens with one attached hydrogen (secondary N) is 1. The number of carbonyl (C=O) groups excluding carboxylic acids is 2. The molecule has 0 saturated carbocycles. The van der Waals surface area contributed by atoms with Crippen molar-refractivity contribution in [1.29, 1.82) is 0 Å². The van der Waals surface area contributed by atoms with E-state index in [1.807, 2.05) is 13.0 Å². The average molecular weight is 262 g/mol. The van der Waals surface area contributed by atoms with Gasteiger partial charge in [0.2, 0.25) is 11.8 Å². The van der Waals surface area contributed by atoms with Gasteiger partial charge in [0.15, 0.2) is 0 Å². The van der Waals surface area contributed by atoms with Gasteiger partial charge in [-0.15, -0.1) is 0 Å². The summed E-state index contributed by atoms with van der Waals surface area (Å²) in [5, 5.41) is 12.1. The van der Waals surface area contributed by atoms with Crippen LogP contribution < -0.4 is 5.32 Å². The minimum Gasteiger partial charge on any atom is -0.508 e. The Morgan fingerprint density at radius 2 is 2.32 bits per heavy atom. The molecular weight excluding hydrogens is 244 g/mol. The van der Waals surface area contributed by atoms with Crippen molar-refractivity contribution in [3.63, 3.8) is 0 Å². The first kappa shape index (κ1) is 13.4. The Labute approximate surface area is 112 Å². The summed E-state index contributed by atoms with van der Waals surface area (Å²) in [6.07, 6.45) is 0.920. The number of phenols is 1. The fourth-order valence-electron chi connectivity index (χ4n) is 2.25. The summed E-state index contributed by atoms with van der Waals surface area (Å²) < 4.78 is 0. The van der Waals surface area contributed by atoms with E-state index in [1.165, 1.54) is 0 Å². The Kier molecular flexibility index (Phi) is 4.04. The molecular formula is C14H18N2O3. The number of hydrogen-bond acceptors (Lipinski definition) is 3. The second-order valence-corrected chi connectivity index (χ2v) is 4.91. The number of aryl methyl sites for hydroxylation is 1. The zero-order chi connectivity index (χ0) is 13.8. The second-order valence-electron chi connectivity index (χ2n) is 4.91. The SMILES string of the molecule is CC1CN(C(=O)CCc2cccc(O)c2)CC(=O)N1. The van der Waals surface area contributed by atoms with Crippen LogP contribution in [0.25, 0.3) is 0 Å². The molecule has 1 unspecified atom stereocenters. The molecule has 2 amide bonds. The van der Waals surface area contributed by atoms with E-state index >= 15 is 0 Å². The average Bonchev–Trinajstić information content (AvgIpc) is 2.35. The van der Waals surface area contributed by atoms with Gasteiger partial charge in [-0.3, -0.25) is 9.59 Å². The minimum absolute atomic E-state index is 0.00553. The van der Waals surface area contributed by atoms with Gasteiger partial charge in [-0.25, -0.2) is 0 Å². The predicted octanol–water partition coefficient (Wildman–Crippen LogP) is 0.672. The Balaban J connectivity index is 1.89. The number of phenolic OH excluding ortho intramolecular Hbond substituents is 1. The van der Waals surface area contributed by atoms with Crippen LogP contribution in [0.15, 0.2) is 24.3 Å². The summed E-state index contributed by atoms with van der Waals surface area (Å²) in [6.45, 7) is 2.58. The van der Waals surface area contributed by atoms with Crippen molar-refractivity contribution < 1.29 is 14.7 Å². The normalized spacial score (nSPS) is 19.1. The highest BCUT2D eigenvalue weighted by Gasteiger charge is 2.24. The van der Waals surface area contributed by atoms with Crippen molar-refractivity contribution >= 4 is 11.8 Å². The molecule has 1 heterocycles. The van der Waals surface area contributed by atoms with Crippen LogP contribution >= 0.6 is 0 Å². The fourth-order valence-corrected chi connectivity index (χ4v) is 2.25. The van der Waals surface area contributed by atoms with Gasteiger partial charge in [0.25, 0.3) is 0 Å². The van der Waals surface area contributed by atoms with Crippen LogP contribution in [0.5, 0.6) is 5.75 Å². The third-order valence-corrected chi connectivity index (χ3v) is 3.13. The molecule has 1 aliphatic heterocycles. The highest BCUT2D eigenvalue weighted by molar-refractivity contribution is 5.86. The molecule has 1 aromatic rings.